The Bertz CT molecular complexity index is 361. The fourth-order valence-electron chi connectivity index (χ4n) is 3.41. The van der Waals surface area contributed by atoms with Crippen LogP contribution < -0.4 is 0 Å². The fourth-order valence-corrected chi connectivity index (χ4v) is 8.61. The highest BCUT2D eigenvalue weighted by Gasteiger charge is 2.38. The second-order valence-electron chi connectivity index (χ2n) is 7.37. The van der Waals surface area contributed by atoms with Gasteiger partial charge in [-0.15, -0.1) is 0 Å². The van der Waals surface area contributed by atoms with Crippen LogP contribution in [0.3, 0.4) is 0 Å². The van der Waals surface area contributed by atoms with Crippen molar-refractivity contribution in [2.24, 2.45) is 0 Å². The van der Waals surface area contributed by atoms with E-state index >= 15 is 0 Å². The standard InChI is InChI=1S/C16H24F12Si/c17-13(18,19)5-1-9-29(10-2-6-14(20,21)22,11-3-7-15(23,24)25)12-4-8-16(26,27)28/h1-12H2. The van der Waals surface area contributed by atoms with Gasteiger partial charge in [0.2, 0.25) is 0 Å². The molecule has 13 heteroatoms. The first kappa shape index (κ1) is 28.4. The molecule has 0 aliphatic carbocycles. The van der Waals surface area contributed by atoms with Crippen LogP contribution in [0.4, 0.5) is 52.7 Å². The van der Waals surface area contributed by atoms with Crippen molar-refractivity contribution in [3.8, 4) is 0 Å². The van der Waals surface area contributed by atoms with E-state index < -0.39 is 84.1 Å². The normalized spacial score (nSPS) is 14.5. The van der Waals surface area contributed by atoms with Crippen LogP contribution in [0, 0.1) is 0 Å². The molecule has 0 fully saturated rings. The largest absolute Gasteiger partial charge is 0.389 e. The van der Waals surface area contributed by atoms with Crippen molar-refractivity contribution in [1.29, 1.82) is 0 Å². The Balaban J connectivity index is 5.26. The quantitative estimate of drug-likeness (QED) is 0.197. The van der Waals surface area contributed by atoms with Crippen molar-refractivity contribution < 1.29 is 52.7 Å². The Morgan fingerprint density at radius 1 is 0.345 bits per heavy atom. The highest BCUT2D eigenvalue weighted by Crippen LogP contribution is 2.39. The minimum atomic E-state index is -4.55. The molecular formula is C16H24F12Si. The molecule has 176 valence electrons. The summed E-state index contributed by atoms with van der Waals surface area (Å²) in [7, 11) is -3.19. The predicted octanol–water partition coefficient (Wildman–Crippen LogP) is 8.81. The lowest BCUT2D eigenvalue weighted by Crippen LogP contribution is -2.35. The van der Waals surface area contributed by atoms with Gasteiger partial charge in [-0.3, -0.25) is 0 Å². The first-order valence-corrected chi connectivity index (χ1v) is 11.9. The van der Waals surface area contributed by atoms with Gasteiger partial charge in [-0.05, 0) is 25.7 Å². The zero-order valence-electron chi connectivity index (χ0n) is 15.5. The first-order chi connectivity index (χ1) is 12.8. The SMILES string of the molecule is FC(F)(F)CCC[Si](CCCC(F)(F)F)(CCCC(F)(F)F)CCCC(F)(F)F. The molecule has 0 saturated heterocycles. The summed E-state index contributed by atoms with van der Waals surface area (Å²) < 4.78 is 149. The molecule has 0 saturated carbocycles. The Morgan fingerprint density at radius 3 is 0.655 bits per heavy atom. The fraction of sp³-hybridized carbons (Fsp3) is 1.00. The van der Waals surface area contributed by atoms with Crippen molar-refractivity contribution in [2.75, 3.05) is 0 Å². The monoisotopic (exact) mass is 472 g/mol. The lowest BCUT2D eigenvalue weighted by molar-refractivity contribution is -0.135. The minimum absolute atomic E-state index is 0.236. The summed E-state index contributed by atoms with van der Waals surface area (Å²) in [5, 5.41) is 0. The molecule has 0 N–H and O–H groups in total. The third-order valence-electron chi connectivity index (χ3n) is 4.67. The van der Waals surface area contributed by atoms with Gasteiger partial charge in [0.25, 0.3) is 0 Å². The highest BCUT2D eigenvalue weighted by molar-refractivity contribution is 6.79. The summed E-state index contributed by atoms with van der Waals surface area (Å²) in [6.45, 7) is 0. The van der Waals surface area contributed by atoms with E-state index in [0.29, 0.717) is 0 Å². The predicted molar refractivity (Wildman–Crippen MR) is 86.1 cm³/mol. The van der Waals surface area contributed by atoms with Gasteiger partial charge < -0.3 is 0 Å². The van der Waals surface area contributed by atoms with Crippen molar-refractivity contribution in [3.63, 3.8) is 0 Å². The van der Waals surface area contributed by atoms with Crippen molar-refractivity contribution in [1.82, 2.24) is 0 Å². The summed E-state index contributed by atoms with van der Waals surface area (Å²) in [5.74, 6) is 0. The van der Waals surface area contributed by atoms with Crippen molar-refractivity contribution in [3.05, 3.63) is 0 Å². The molecule has 0 radical (unpaired) electrons. The van der Waals surface area contributed by atoms with Crippen molar-refractivity contribution in [2.45, 2.75) is 100 Å². The lowest BCUT2D eigenvalue weighted by atomic mass is 10.3. The molecule has 0 nitrogen and oxygen atoms in total. The molecule has 0 aromatic heterocycles. The van der Waals surface area contributed by atoms with Gasteiger partial charge in [0.05, 0.1) is 8.07 Å². The second kappa shape index (κ2) is 11.1. The van der Waals surface area contributed by atoms with E-state index in [9.17, 15) is 52.7 Å². The molecule has 0 aliphatic rings. The van der Waals surface area contributed by atoms with Crippen LogP contribution in [0.25, 0.3) is 0 Å². The van der Waals surface area contributed by atoms with Gasteiger partial charge in [0, 0.05) is 25.7 Å². The average Bonchev–Trinajstić information content (AvgIpc) is 2.41. The molecule has 29 heavy (non-hydrogen) atoms. The number of halogens is 12. The maximum atomic E-state index is 12.4. The Kier molecular flexibility index (Phi) is 10.9. The van der Waals surface area contributed by atoms with Gasteiger partial charge >= 0.3 is 24.7 Å². The molecule has 0 amide bonds. The number of alkyl halides is 12. The molecule has 0 unspecified atom stereocenters. The molecule has 0 atom stereocenters. The highest BCUT2D eigenvalue weighted by atomic mass is 28.3. The summed E-state index contributed by atoms with van der Waals surface area (Å²) >= 11 is 0. The summed E-state index contributed by atoms with van der Waals surface area (Å²) in [6.07, 6.45) is -25.3. The van der Waals surface area contributed by atoms with Gasteiger partial charge in [-0.2, -0.15) is 52.7 Å². The summed E-state index contributed by atoms with van der Waals surface area (Å²) in [6, 6.07) is -0.944. The smallest absolute Gasteiger partial charge is 0.171 e. The van der Waals surface area contributed by atoms with E-state index in [1.807, 2.05) is 0 Å². The van der Waals surface area contributed by atoms with E-state index in [-0.39, 0.29) is 24.2 Å². The van der Waals surface area contributed by atoms with E-state index in [2.05, 4.69) is 0 Å². The van der Waals surface area contributed by atoms with E-state index in [1.165, 1.54) is 0 Å². The second-order valence-corrected chi connectivity index (χ2v) is 12.4. The Morgan fingerprint density at radius 2 is 0.517 bits per heavy atom. The van der Waals surface area contributed by atoms with Gasteiger partial charge in [0.15, 0.2) is 0 Å². The number of hydrogen-bond acceptors (Lipinski definition) is 0. The molecule has 0 rings (SSSR count). The summed E-state index contributed by atoms with van der Waals surface area (Å²) in [4.78, 5) is 0. The Hall–Kier alpha value is -0.623. The van der Waals surface area contributed by atoms with Crippen LogP contribution in [0.1, 0.15) is 51.4 Å². The van der Waals surface area contributed by atoms with Gasteiger partial charge in [0.1, 0.15) is 0 Å². The van der Waals surface area contributed by atoms with Gasteiger partial charge in [-0.1, -0.05) is 24.2 Å². The zero-order chi connectivity index (χ0) is 23.0. The zero-order valence-corrected chi connectivity index (χ0v) is 16.5. The molecule has 0 spiro atoms. The molecule has 0 bridgehead atoms. The summed E-state index contributed by atoms with van der Waals surface area (Å²) in [5.41, 5.74) is 0. The van der Waals surface area contributed by atoms with Gasteiger partial charge in [-0.25, -0.2) is 0 Å². The Labute approximate surface area is 162 Å². The molecule has 0 heterocycles. The molecule has 0 aromatic carbocycles. The van der Waals surface area contributed by atoms with Crippen molar-refractivity contribution >= 4 is 8.07 Å². The van der Waals surface area contributed by atoms with Crippen LogP contribution in [0.15, 0.2) is 0 Å². The molecular weight excluding hydrogens is 448 g/mol. The number of rotatable bonds is 12. The van der Waals surface area contributed by atoms with Crippen LogP contribution in [-0.4, -0.2) is 32.8 Å². The molecule has 0 aliphatic heterocycles. The van der Waals surface area contributed by atoms with Crippen LogP contribution in [0.5, 0.6) is 0 Å². The third-order valence-corrected chi connectivity index (χ3v) is 10.3. The topological polar surface area (TPSA) is 0 Å². The maximum Gasteiger partial charge on any atom is 0.389 e. The van der Waals surface area contributed by atoms with E-state index in [4.69, 9.17) is 0 Å². The van der Waals surface area contributed by atoms with Crippen LogP contribution in [0.2, 0.25) is 24.2 Å². The van der Waals surface area contributed by atoms with Crippen LogP contribution in [-0.2, 0) is 0 Å². The lowest BCUT2D eigenvalue weighted by Gasteiger charge is -2.33. The third kappa shape index (κ3) is 17.9. The van der Waals surface area contributed by atoms with Crippen LogP contribution >= 0.6 is 0 Å². The maximum absolute atomic E-state index is 12.4. The first-order valence-electron chi connectivity index (χ1n) is 9.10. The number of hydrogen-bond donors (Lipinski definition) is 0. The average molecular weight is 472 g/mol. The van der Waals surface area contributed by atoms with E-state index in [0.717, 1.165) is 0 Å². The van der Waals surface area contributed by atoms with E-state index in [1.54, 1.807) is 0 Å². The minimum Gasteiger partial charge on any atom is -0.171 e. The molecule has 0 aromatic rings.